The van der Waals surface area contributed by atoms with E-state index in [2.05, 4.69) is 16.8 Å². The number of hydrogen-bond acceptors (Lipinski definition) is 5. The van der Waals surface area contributed by atoms with Crippen molar-refractivity contribution in [1.29, 1.82) is 0 Å². The zero-order valence-electron chi connectivity index (χ0n) is 12.6. The summed E-state index contributed by atoms with van der Waals surface area (Å²) in [7, 11) is 1.35. The Labute approximate surface area is 119 Å². The molecule has 6 heteroatoms. The van der Waals surface area contributed by atoms with Crippen LogP contribution in [-0.2, 0) is 17.7 Å². The van der Waals surface area contributed by atoms with Crippen LogP contribution in [0.4, 0.5) is 5.82 Å². The Balaban J connectivity index is 2.26. The van der Waals surface area contributed by atoms with Crippen LogP contribution in [0.3, 0.4) is 0 Å². The number of hydrogen-bond donors (Lipinski definition) is 1. The Morgan fingerprint density at radius 3 is 2.85 bits per heavy atom. The zero-order valence-corrected chi connectivity index (χ0v) is 12.6. The molecular formula is C14H24N4O2. The number of aryl methyl sites for hydroxylation is 1. The van der Waals surface area contributed by atoms with E-state index in [4.69, 9.17) is 10.5 Å². The van der Waals surface area contributed by atoms with E-state index in [9.17, 15) is 4.79 Å². The Morgan fingerprint density at radius 2 is 2.25 bits per heavy atom. The summed E-state index contributed by atoms with van der Waals surface area (Å²) in [6.45, 7) is 7.18. The van der Waals surface area contributed by atoms with Gasteiger partial charge in [0.25, 0.3) is 0 Å². The summed E-state index contributed by atoms with van der Waals surface area (Å²) < 4.78 is 6.71. The number of carbonyl (C=O) groups excluding carboxylic acids is 1. The van der Waals surface area contributed by atoms with Gasteiger partial charge < -0.3 is 15.0 Å². The third-order valence-corrected chi connectivity index (χ3v) is 4.08. The summed E-state index contributed by atoms with van der Waals surface area (Å²) in [5, 5.41) is 0. The summed E-state index contributed by atoms with van der Waals surface area (Å²) >= 11 is 0. The molecule has 1 aromatic heterocycles. The van der Waals surface area contributed by atoms with E-state index >= 15 is 0 Å². The maximum Gasteiger partial charge on any atom is 0.360 e. The zero-order chi connectivity index (χ0) is 14.7. The Bertz CT molecular complexity index is 484. The molecule has 0 amide bonds. The number of rotatable bonds is 5. The van der Waals surface area contributed by atoms with Gasteiger partial charge in [-0.05, 0) is 25.9 Å². The molecular weight excluding hydrogens is 256 g/mol. The van der Waals surface area contributed by atoms with Crippen LogP contribution in [0.2, 0.25) is 0 Å². The number of carbonyl (C=O) groups is 1. The first-order valence-electron chi connectivity index (χ1n) is 7.29. The van der Waals surface area contributed by atoms with Crippen LogP contribution in [0.1, 0.15) is 43.0 Å². The molecule has 0 bridgehead atoms. The van der Waals surface area contributed by atoms with Gasteiger partial charge in [-0.2, -0.15) is 0 Å². The third kappa shape index (κ3) is 2.65. The van der Waals surface area contributed by atoms with Gasteiger partial charge in [-0.15, -0.1) is 0 Å². The molecule has 0 radical (unpaired) electrons. The Kier molecular flexibility index (Phi) is 4.65. The van der Waals surface area contributed by atoms with Crippen LogP contribution < -0.4 is 5.73 Å². The molecule has 1 saturated heterocycles. The highest BCUT2D eigenvalue weighted by molar-refractivity contribution is 5.92. The van der Waals surface area contributed by atoms with Crippen molar-refractivity contribution < 1.29 is 9.53 Å². The smallest absolute Gasteiger partial charge is 0.360 e. The largest absolute Gasteiger partial charge is 0.464 e. The van der Waals surface area contributed by atoms with E-state index in [-0.39, 0.29) is 5.69 Å². The lowest BCUT2D eigenvalue weighted by atomic mass is 10.2. The van der Waals surface area contributed by atoms with E-state index in [1.54, 1.807) is 0 Å². The van der Waals surface area contributed by atoms with Crippen molar-refractivity contribution in [3.63, 3.8) is 0 Å². The second-order valence-corrected chi connectivity index (χ2v) is 5.14. The molecule has 0 saturated carbocycles. The number of methoxy groups -OCH3 is 1. The molecule has 6 nitrogen and oxygen atoms in total. The van der Waals surface area contributed by atoms with E-state index < -0.39 is 5.97 Å². The average Bonchev–Trinajstić information content (AvgIpc) is 3.04. The van der Waals surface area contributed by atoms with Crippen LogP contribution in [0.25, 0.3) is 0 Å². The summed E-state index contributed by atoms with van der Waals surface area (Å²) in [6.07, 6.45) is 3.14. The molecule has 20 heavy (non-hydrogen) atoms. The van der Waals surface area contributed by atoms with Gasteiger partial charge in [-0.1, -0.05) is 13.8 Å². The van der Waals surface area contributed by atoms with Gasteiger partial charge in [0.2, 0.25) is 0 Å². The Hall–Kier alpha value is -1.56. The molecule has 1 aliphatic heterocycles. The van der Waals surface area contributed by atoms with Crippen LogP contribution in [0.15, 0.2) is 0 Å². The minimum Gasteiger partial charge on any atom is -0.464 e. The number of likely N-dealkylation sites (N-methyl/N-ethyl adjacent to an activating group) is 1. The van der Waals surface area contributed by atoms with Crippen molar-refractivity contribution in [3.05, 3.63) is 11.5 Å². The highest BCUT2D eigenvalue weighted by Gasteiger charge is 2.27. The average molecular weight is 280 g/mol. The topological polar surface area (TPSA) is 73.4 Å². The van der Waals surface area contributed by atoms with E-state index in [0.717, 1.165) is 31.9 Å². The molecule has 1 atom stereocenters. The molecule has 112 valence electrons. The predicted octanol–water partition coefficient (Wildman–Crippen LogP) is 1.30. The van der Waals surface area contributed by atoms with Gasteiger partial charge in [0.15, 0.2) is 5.69 Å². The van der Waals surface area contributed by atoms with Gasteiger partial charge in [0.1, 0.15) is 11.6 Å². The highest BCUT2D eigenvalue weighted by Crippen LogP contribution is 2.23. The van der Waals surface area contributed by atoms with Gasteiger partial charge in [-0.3, -0.25) is 4.90 Å². The molecule has 0 aromatic carbocycles. The fourth-order valence-electron chi connectivity index (χ4n) is 2.96. The Morgan fingerprint density at radius 1 is 1.50 bits per heavy atom. The second-order valence-electron chi connectivity index (χ2n) is 5.14. The third-order valence-electron chi connectivity index (χ3n) is 4.08. The van der Waals surface area contributed by atoms with Gasteiger partial charge in [0.05, 0.1) is 7.11 Å². The highest BCUT2D eigenvalue weighted by atomic mass is 16.5. The molecule has 0 aliphatic carbocycles. The number of esters is 1. The molecule has 2 heterocycles. The summed E-state index contributed by atoms with van der Waals surface area (Å²) in [5.41, 5.74) is 6.34. The van der Waals surface area contributed by atoms with E-state index in [1.807, 2.05) is 11.5 Å². The van der Waals surface area contributed by atoms with Gasteiger partial charge in [0, 0.05) is 19.0 Å². The number of nitrogen functional groups attached to an aromatic ring is 1. The van der Waals surface area contributed by atoms with E-state index in [1.165, 1.54) is 20.0 Å². The molecule has 1 aromatic rings. The van der Waals surface area contributed by atoms with Crippen LogP contribution in [0.5, 0.6) is 0 Å². The number of ether oxygens (including phenoxy) is 1. The van der Waals surface area contributed by atoms with Crippen molar-refractivity contribution >= 4 is 11.8 Å². The lowest BCUT2D eigenvalue weighted by molar-refractivity contribution is 0.0595. The summed E-state index contributed by atoms with van der Waals surface area (Å²) in [6, 6.07) is 0.479. The first-order valence-corrected chi connectivity index (χ1v) is 7.29. The monoisotopic (exact) mass is 280 g/mol. The quantitative estimate of drug-likeness (QED) is 0.823. The fourth-order valence-corrected chi connectivity index (χ4v) is 2.96. The van der Waals surface area contributed by atoms with Crippen LogP contribution >= 0.6 is 0 Å². The molecule has 1 fully saturated rings. The minimum atomic E-state index is -0.463. The fraction of sp³-hybridized carbons (Fsp3) is 0.714. The molecule has 0 spiro atoms. The van der Waals surface area contributed by atoms with Crippen molar-refractivity contribution in [2.24, 2.45) is 0 Å². The lowest BCUT2D eigenvalue weighted by Crippen LogP contribution is -2.33. The van der Waals surface area contributed by atoms with Gasteiger partial charge >= 0.3 is 5.97 Å². The predicted molar refractivity (Wildman–Crippen MR) is 77.6 cm³/mol. The number of likely N-dealkylation sites (tertiary alicyclic amines) is 1. The first kappa shape index (κ1) is 14.8. The first-order chi connectivity index (χ1) is 9.62. The molecule has 1 unspecified atom stereocenters. The van der Waals surface area contributed by atoms with E-state index in [0.29, 0.717) is 11.9 Å². The normalized spacial score (nSPS) is 19.4. The number of anilines is 1. The van der Waals surface area contributed by atoms with Crippen molar-refractivity contribution in [1.82, 2.24) is 14.5 Å². The standard InChI is InChI=1S/C14H24N4O2/c1-4-11-16-12(14(19)20-3)13(15)18(11)9-10-7-6-8-17(10)5-2/h10H,4-9,15H2,1-3H3. The summed E-state index contributed by atoms with van der Waals surface area (Å²) in [4.78, 5) is 18.5. The maximum absolute atomic E-state index is 11.7. The maximum atomic E-state index is 11.7. The molecule has 2 rings (SSSR count). The molecule has 1 aliphatic rings. The van der Waals surface area contributed by atoms with Crippen LogP contribution in [-0.4, -0.2) is 46.7 Å². The van der Waals surface area contributed by atoms with Gasteiger partial charge in [-0.25, -0.2) is 9.78 Å². The number of imidazole rings is 1. The van der Waals surface area contributed by atoms with Crippen LogP contribution in [0, 0.1) is 0 Å². The SMILES string of the molecule is CCc1nc(C(=O)OC)c(N)n1CC1CCCN1CC. The molecule has 2 N–H and O–H groups in total. The number of nitrogens with two attached hydrogens (primary N) is 1. The summed E-state index contributed by atoms with van der Waals surface area (Å²) in [5.74, 6) is 0.817. The second kappa shape index (κ2) is 6.26. The number of aromatic nitrogens is 2. The van der Waals surface area contributed by atoms with Crippen molar-refractivity contribution in [3.8, 4) is 0 Å². The van der Waals surface area contributed by atoms with Crippen molar-refractivity contribution in [2.45, 2.75) is 45.7 Å². The lowest BCUT2D eigenvalue weighted by Gasteiger charge is -2.24. The number of nitrogens with zero attached hydrogens (tertiary/aromatic N) is 3. The van der Waals surface area contributed by atoms with Crippen molar-refractivity contribution in [2.75, 3.05) is 25.9 Å². The minimum absolute atomic E-state index is 0.241.